The molecule has 7 heteroatoms. The van der Waals surface area contributed by atoms with Gasteiger partial charge in [-0.3, -0.25) is 9.78 Å². The van der Waals surface area contributed by atoms with Crippen molar-refractivity contribution in [2.24, 2.45) is 5.92 Å². The molecular weight excluding hydrogens is 358 g/mol. The Bertz CT molecular complexity index is 659. The van der Waals surface area contributed by atoms with Crippen molar-refractivity contribution in [1.29, 1.82) is 0 Å². The van der Waals surface area contributed by atoms with Gasteiger partial charge in [0.1, 0.15) is 23.5 Å². The lowest BCUT2D eigenvalue weighted by Gasteiger charge is -2.35. The lowest BCUT2D eigenvalue weighted by molar-refractivity contribution is -0.136. The topological polar surface area (TPSA) is 80.8 Å². The number of pyridine rings is 1. The second kappa shape index (κ2) is 9.26. The number of carbonyl (C=O) groups is 2. The first-order chi connectivity index (χ1) is 13.0. The van der Waals surface area contributed by atoms with Gasteiger partial charge in [-0.1, -0.05) is 13.8 Å². The van der Waals surface area contributed by atoms with Gasteiger partial charge < -0.3 is 19.7 Å². The average Bonchev–Trinajstić information content (AvgIpc) is 2.60. The van der Waals surface area contributed by atoms with Gasteiger partial charge in [-0.25, -0.2) is 4.79 Å². The van der Waals surface area contributed by atoms with Crippen LogP contribution in [0.1, 0.15) is 53.2 Å². The van der Waals surface area contributed by atoms with E-state index < -0.39 is 17.7 Å². The summed E-state index contributed by atoms with van der Waals surface area (Å²) >= 11 is 0. The highest BCUT2D eigenvalue weighted by molar-refractivity contribution is 5.86. The maximum absolute atomic E-state index is 12.9. The molecule has 1 aromatic rings. The first kappa shape index (κ1) is 22.0. The van der Waals surface area contributed by atoms with Crippen LogP contribution in [0.3, 0.4) is 0 Å². The van der Waals surface area contributed by atoms with Gasteiger partial charge in [0.25, 0.3) is 0 Å². The zero-order chi connectivity index (χ0) is 20.9. The van der Waals surface area contributed by atoms with Crippen LogP contribution in [0, 0.1) is 12.8 Å². The molecule has 1 aromatic heterocycles. The fraction of sp³-hybridized carbons (Fsp3) is 0.667. The zero-order valence-corrected chi connectivity index (χ0v) is 17.8. The number of likely N-dealkylation sites (tertiary alicyclic amines) is 1. The summed E-state index contributed by atoms with van der Waals surface area (Å²) < 4.78 is 11.3. The molecule has 1 fully saturated rings. The zero-order valence-electron chi connectivity index (χ0n) is 17.8. The molecule has 2 heterocycles. The van der Waals surface area contributed by atoms with Crippen molar-refractivity contribution in [1.82, 2.24) is 15.2 Å². The van der Waals surface area contributed by atoms with E-state index in [-0.39, 0.29) is 17.9 Å². The smallest absolute Gasteiger partial charge is 0.408 e. The third kappa shape index (κ3) is 6.69. The monoisotopic (exact) mass is 391 g/mol. The largest absolute Gasteiger partial charge is 0.489 e. The molecule has 156 valence electrons. The van der Waals surface area contributed by atoms with Crippen LogP contribution in [-0.4, -0.2) is 52.7 Å². The number of hydrogen-bond acceptors (Lipinski definition) is 5. The van der Waals surface area contributed by atoms with E-state index in [1.807, 2.05) is 32.9 Å². The summed E-state index contributed by atoms with van der Waals surface area (Å²) in [4.78, 5) is 31.1. The second-order valence-corrected chi connectivity index (χ2v) is 8.65. The highest BCUT2D eigenvalue weighted by atomic mass is 16.6. The van der Waals surface area contributed by atoms with Crippen LogP contribution in [0.5, 0.6) is 5.75 Å². The highest BCUT2D eigenvalue weighted by Gasteiger charge is 2.32. The molecule has 1 aliphatic rings. The summed E-state index contributed by atoms with van der Waals surface area (Å²) in [6.07, 6.45) is 2.72. The predicted molar refractivity (Wildman–Crippen MR) is 107 cm³/mol. The van der Waals surface area contributed by atoms with Crippen LogP contribution in [0.25, 0.3) is 0 Å². The SMILES string of the molecule is Cc1ccc(OC2CCN(C(=O)[C@@H](NC(=O)OC(C)(C)C)C(C)C)CC2)cn1. The van der Waals surface area contributed by atoms with E-state index in [0.29, 0.717) is 13.1 Å². The molecule has 0 spiro atoms. The average molecular weight is 392 g/mol. The third-order valence-corrected chi connectivity index (χ3v) is 4.55. The van der Waals surface area contributed by atoms with Crippen molar-refractivity contribution in [3.8, 4) is 5.75 Å². The fourth-order valence-electron chi connectivity index (χ4n) is 3.06. The van der Waals surface area contributed by atoms with E-state index in [1.54, 1.807) is 31.9 Å². The van der Waals surface area contributed by atoms with Crippen molar-refractivity contribution < 1.29 is 19.1 Å². The summed E-state index contributed by atoms with van der Waals surface area (Å²) in [5.74, 6) is 0.644. The van der Waals surface area contributed by atoms with Gasteiger partial charge in [0.05, 0.1) is 6.20 Å². The summed E-state index contributed by atoms with van der Waals surface area (Å²) in [5, 5.41) is 2.73. The van der Waals surface area contributed by atoms with Gasteiger partial charge in [0.15, 0.2) is 0 Å². The number of alkyl carbamates (subject to hydrolysis) is 1. The normalized spacial score (nSPS) is 16.6. The van der Waals surface area contributed by atoms with Crippen molar-refractivity contribution >= 4 is 12.0 Å². The Morgan fingerprint density at radius 3 is 2.36 bits per heavy atom. The van der Waals surface area contributed by atoms with E-state index in [4.69, 9.17) is 9.47 Å². The molecule has 0 aliphatic carbocycles. The van der Waals surface area contributed by atoms with E-state index in [9.17, 15) is 9.59 Å². The van der Waals surface area contributed by atoms with Gasteiger partial charge >= 0.3 is 6.09 Å². The lowest BCUT2D eigenvalue weighted by Crippen LogP contribution is -2.54. The third-order valence-electron chi connectivity index (χ3n) is 4.55. The van der Waals surface area contributed by atoms with E-state index in [2.05, 4.69) is 10.3 Å². The fourth-order valence-corrected chi connectivity index (χ4v) is 3.06. The number of hydrogen-bond donors (Lipinski definition) is 1. The van der Waals surface area contributed by atoms with Crippen LogP contribution in [0.15, 0.2) is 18.3 Å². The van der Waals surface area contributed by atoms with Crippen molar-refractivity contribution in [2.45, 2.75) is 72.1 Å². The number of nitrogens with zero attached hydrogens (tertiary/aromatic N) is 2. The van der Waals surface area contributed by atoms with Crippen LogP contribution >= 0.6 is 0 Å². The van der Waals surface area contributed by atoms with Crippen molar-refractivity contribution in [3.63, 3.8) is 0 Å². The van der Waals surface area contributed by atoms with Crippen molar-refractivity contribution in [3.05, 3.63) is 24.0 Å². The van der Waals surface area contributed by atoms with Crippen LogP contribution in [0.2, 0.25) is 0 Å². The standard InChI is InChI=1S/C21H33N3O4/c1-14(2)18(23-20(26)28-21(4,5)6)19(25)24-11-9-16(10-12-24)27-17-8-7-15(3)22-13-17/h7-8,13-14,16,18H,9-12H2,1-6H3,(H,23,26)/t18-/m0/s1. The van der Waals surface area contributed by atoms with Gasteiger partial charge in [0.2, 0.25) is 5.91 Å². The maximum Gasteiger partial charge on any atom is 0.408 e. The molecule has 0 unspecified atom stereocenters. The Hall–Kier alpha value is -2.31. The molecule has 1 N–H and O–H groups in total. The Labute approximate surface area is 167 Å². The number of piperidine rings is 1. The molecule has 1 aliphatic heterocycles. The van der Waals surface area contributed by atoms with Crippen LogP contribution in [0.4, 0.5) is 4.79 Å². The number of aryl methyl sites for hydroxylation is 1. The van der Waals surface area contributed by atoms with Gasteiger partial charge in [0, 0.05) is 31.6 Å². The second-order valence-electron chi connectivity index (χ2n) is 8.65. The molecule has 1 atom stereocenters. The Kier molecular flexibility index (Phi) is 7.27. The first-order valence-corrected chi connectivity index (χ1v) is 9.93. The lowest BCUT2D eigenvalue weighted by atomic mass is 10.0. The summed E-state index contributed by atoms with van der Waals surface area (Å²) in [6.45, 7) is 12.4. The number of amides is 2. The predicted octanol–water partition coefficient (Wildman–Crippen LogP) is 3.31. The number of carbonyl (C=O) groups excluding carboxylic acids is 2. The molecule has 2 amide bonds. The van der Waals surface area contributed by atoms with Gasteiger partial charge in [-0.05, 0) is 45.7 Å². The molecule has 2 rings (SSSR count). The number of rotatable bonds is 5. The minimum Gasteiger partial charge on any atom is -0.489 e. The molecule has 0 aromatic carbocycles. The first-order valence-electron chi connectivity index (χ1n) is 9.93. The van der Waals surface area contributed by atoms with E-state index in [1.165, 1.54) is 0 Å². The molecule has 0 bridgehead atoms. The minimum absolute atomic E-state index is 0.0346. The number of aromatic nitrogens is 1. The molecule has 28 heavy (non-hydrogen) atoms. The molecule has 0 saturated carbocycles. The molecular formula is C21H33N3O4. The van der Waals surface area contributed by atoms with Gasteiger partial charge in [-0.15, -0.1) is 0 Å². The van der Waals surface area contributed by atoms with E-state index >= 15 is 0 Å². The molecule has 7 nitrogen and oxygen atoms in total. The molecule has 1 saturated heterocycles. The maximum atomic E-state index is 12.9. The quantitative estimate of drug-likeness (QED) is 0.833. The summed E-state index contributed by atoms with van der Waals surface area (Å²) in [5.41, 5.74) is 0.347. The Morgan fingerprint density at radius 2 is 1.86 bits per heavy atom. The van der Waals surface area contributed by atoms with Gasteiger partial charge in [-0.2, -0.15) is 0 Å². The highest BCUT2D eigenvalue weighted by Crippen LogP contribution is 2.20. The Balaban J connectivity index is 1.89. The summed E-state index contributed by atoms with van der Waals surface area (Å²) in [7, 11) is 0. The van der Waals surface area contributed by atoms with Crippen LogP contribution < -0.4 is 10.1 Å². The Morgan fingerprint density at radius 1 is 1.21 bits per heavy atom. The molecule has 0 radical (unpaired) electrons. The minimum atomic E-state index is -0.603. The number of nitrogens with one attached hydrogen (secondary N) is 1. The van der Waals surface area contributed by atoms with E-state index in [0.717, 1.165) is 24.3 Å². The van der Waals surface area contributed by atoms with Crippen LogP contribution in [-0.2, 0) is 9.53 Å². The number of ether oxygens (including phenoxy) is 2. The summed E-state index contributed by atoms with van der Waals surface area (Å²) in [6, 6.07) is 3.23. The van der Waals surface area contributed by atoms with Crippen molar-refractivity contribution in [2.75, 3.05) is 13.1 Å².